The Morgan fingerprint density at radius 1 is 1.13 bits per heavy atom. The number of carbonyl (C=O) groups excluding carboxylic acids is 2. The number of esters is 1. The van der Waals surface area contributed by atoms with Crippen LogP contribution in [0.2, 0.25) is 0 Å². The number of amides is 1. The molecule has 6 nitrogen and oxygen atoms in total. The van der Waals surface area contributed by atoms with E-state index in [9.17, 15) is 9.59 Å². The molecule has 3 aromatic rings. The van der Waals surface area contributed by atoms with Gasteiger partial charge in [0, 0.05) is 11.6 Å². The Labute approximate surface area is 185 Å². The van der Waals surface area contributed by atoms with E-state index in [4.69, 9.17) is 21.4 Å². The lowest BCUT2D eigenvalue weighted by molar-refractivity contribution is -0.113. The van der Waals surface area contributed by atoms with Crippen LogP contribution >= 0.6 is 12.2 Å². The molecule has 0 spiro atoms. The van der Waals surface area contributed by atoms with Gasteiger partial charge in [-0.3, -0.25) is 9.69 Å². The summed E-state index contributed by atoms with van der Waals surface area (Å²) in [4.78, 5) is 26.2. The summed E-state index contributed by atoms with van der Waals surface area (Å²) in [6, 6.07) is 18.1. The summed E-state index contributed by atoms with van der Waals surface area (Å²) in [5.41, 5.74) is 3.32. The van der Waals surface area contributed by atoms with Gasteiger partial charge in [0.1, 0.15) is 17.2 Å². The summed E-state index contributed by atoms with van der Waals surface area (Å²) >= 11 is 5.37. The number of aryl methyl sites for hydroxylation is 1. The molecule has 1 N–H and O–H groups in total. The van der Waals surface area contributed by atoms with E-state index in [1.807, 2.05) is 37.3 Å². The molecule has 1 fully saturated rings. The van der Waals surface area contributed by atoms with E-state index in [2.05, 4.69) is 5.32 Å². The zero-order valence-corrected chi connectivity index (χ0v) is 17.9. The molecule has 1 aliphatic heterocycles. The second-order valence-corrected chi connectivity index (χ2v) is 7.30. The predicted molar refractivity (Wildman–Crippen MR) is 122 cm³/mol. The smallest absolute Gasteiger partial charge is 0.338 e. The van der Waals surface area contributed by atoms with Crippen LogP contribution in [-0.4, -0.2) is 23.6 Å². The summed E-state index contributed by atoms with van der Waals surface area (Å²) in [5.74, 6) is 0.524. The molecule has 156 valence electrons. The molecule has 0 aliphatic carbocycles. The van der Waals surface area contributed by atoms with E-state index in [-0.39, 0.29) is 11.9 Å². The highest BCUT2D eigenvalue weighted by Crippen LogP contribution is 2.27. The molecular weight excluding hydrogens is 412 g/mol. The van der Waals surface area contributed by atoms with Gasteiger partial charge in [-0.05, 0) is 62.0 Å². The second kappa shape index (κ2) is 8.57. The summed E-state index contributed by atoms with van der Waals surface area (Å²) < 4.78 is 10.9. The summed E-state index contributed by atoms with van der Waals surface area (Å²) in [6.07, 6.45) is 1.63. The van der Waals surface area contributed by atoms with Crippen molar-refractivity contribution >= 4 is 41.0 Å². The third-order valence-electron chi connectivity index (χ3n) is 4.83. The average molecular weight is 433 g/mol. The molecule has 4 rings (SSSR count). The van der Waals surface area contributed by atoms with Crippen molar-refractivity contribution in [2.45, 2.75) is 13.8 Å². The van der Waals surface area contributed by atoms with Crippen LogP contribution in [-0.2, 0) is 9.53 Å². The maximum atomic E-state index is 12.9. The minimum absolute atomic E-state index is 0.240. The Bertz CT molecular complexity index is 1190. The fourth-order valence-electron chi connectivity index (χ4n) is 3.28. The molecule has 2 aromatic carbocycles. The normalized spacial score (nSPS) is 14.8. The second-order valence-electron chi connectivity index (χ2n) is 6.92. The molecule has 1 aromatic heterocycles. The number of rotatable bonds is 5. The standard InChI is InChI=1S/C24H20N2O4S/c1-3-29-23(28)17-10-8-16(9-11-17)21-13-12-18(30-21)14-19-22(27)26(24(31)25-19)20-7-5-4-6-15(20)2/h4-14H,3H2,1-2H3,(H,25,31). The Morgan fingerprint density at radius 2 is 1.87 bits per heavy atom. The fraction of sp³-hybridized carbons (Fsp3) is 0.125. The number of nitrogens with zero attached hydrogens (tertiary/aromatic N) is 1. The maximum Gasteiger partial charge on any atom is 0.338 e. The molecule has 0 bridgehead atoms. The van der Waals surface area contributed by atoms with E-state index in [1.165, 1.54) is 4.90 Å². The molecule has 0 unspecified atom stereocenters. The monoisotopic (exact) mass is 432 g/mol. The van der Waals surface area contributed by atoms with E-state index in [0.717, 1.165) is 16.8 Å². The number of ether oxygens (including phenoxy) is 1. The molecule has 7 heteroatoms. The van der Waals surface area contributed by atoms with Crippen molar-refractivity contribution in [1.82, 2.24) is 5.32 Å². The Balaban J connectivity index is 1.55. The fourth-order valence-corrected chi connectivity index (χ4v) is 3.57. The topological polar surface area (TPSA) is 71.8 Å². The van der Waals surface area contributed by atoms with Crippen LogP contribution in [0, 0.1) is 6.92 Å². The van der Waals surface area contributed by atoms with Gasteiger partial charge in [-0.2, -0.15) is 0 Å². The van der Waals surface area contributed by atoms with Gasteiger partial charge in [-0.1, -0.05) is 30.3 Å². The van der Waals surface area contributed by atoms with E-state index in [0.29, 0.717) is 34.5 Å². The highest BCUT2D eigenvalue weighted by Gasteiger charge is 2.32. The average Bonchev–Trinajstić information content (AvgIpc) is 3.34. The first-order valence-corrected chi connectivity index (χ1v) is 10.2. The van der Waals surface area contributed by atoms with Crippen LogP contribution in [0.3, 0.4) is 0 Å². The van der Waals surface area contributed by atoms with Gasteiger partial charge >= 0.3 is 5.97 Å². The molecule has 2 heterocycles. The third kappa shape index (κ3) is 4.13. The summed E-state index contributed by atoms with van der Waals surface area (Å²) in [5, 5.41) is 3.29. The van der Waals surface area contributed by atoms with Crippen molar-refractivity contribution < 1.29 is 18.7 Å². The molecular formula is C24H20N2O4S. The first-order valence-electron chi connectivity index (χ1n) is 9.78. The van der Waals surface area contributed by atoms with Crippen molar-refractivity contribution in [3.63, 3.8) is 0 Å². The van der Waals surface area contributed by atoms with Crippen molar-refractivity contribution in [3.8, 4) is 11.3 Å². The minimum Gasteiger partial charge on any atom is -0.462 e. The van der Waals surface area contributed by atoms with E-state index >= 15 is 0 Å². The largest absolute Gasteiger partial charge is 0.462 e. The molecule has 31 heavy (non-hydrogen) atoms. The van der Waals surface area contributed by atoms with Gasteiger partial charge in [-0.25, -0.2) is 4.79 Å². The van der Waals surface area contributed by atoms with Crippen molar-refractivity contribution in [1.29, 1.82) is 0 Å². The lowest BCUT2D eigenvalue weighted by Crippen LogP contribution is -2.30. The van der Waals surface area contributed by atoms with Gasteiger partial charge in [0.05, 0.1) is 17.9 Å². The van der Waals surface area contributed by atoms with Gasteiger partial charge in [0.25, 0.3) is 5.91 Å². The van der Waals surface area contributed by atoms with Crippen LogP contribution in [0.25, 0.3) is 17.4 Å². The zero-order valence-electron chi connectivity index (χ0n) is 17.0. The number of nitrogens with one attached hydrogen (secondary N) is 1. The number of thiocarbonyl (C=S) groups is 1. The van der Waals surface area contributed by atoms with E-state index in [1.54, 1.807) is 43.3 Å². The number of hydrogen-bond acceptors (Lipinski definition) is 5. The molecule has 1 saturated heterocycles. The quantitative estimate of drug-likeness (QED) is 0.358. The minimum atomic E-state index is -0.362. The van der Waals surface area contributed by atoms with Crippen LogP contribution < -0.4 is 10.2 Å². The van der Waals surface area contributed by atoms with Gasteiger partial charge in [-0.15, -0.1) is 0 Å². The van der Waals surface area contributed by atoms with Gasteiger partial charge in [0.2, 0.25) is 0 Å². The highest BCUT2D eigenvalue weighted by atomic mass is 32.1. The number of anilines is 1. The first-order chi connectivity index (χ1) is 15.0. The summed E-state index contributed by atoms with van der Waals surface area (Å²) in [6.45, 7) is 4.02. The van der Waals surface area contributed by atoms with E-state index < -0.39 is 0 Å². The van der Waals surface area contributed by atoms with Crippen LogP contribution in [0.15, 0.2) is 70.8 Å². The lowest BCUT2D eigenvalue weighted by Gasteiger charge is -2.16. The van der Waals surface area contributed by atoms with Gasteiger partial charge < -0.3 is 14.5 Å². The molecule has 0 saturated carbocycles. The SMILES string of the molecule is CCOC(=O)c1ccc(-c2ccc(C=C3NC(=S)N(c4ccccc4C)C3=O)o2)cc1. The number of benzene rings is 2. The molecule has 0 atom stereocenters. The van der Waals surface area contributed by atoms with Crippen LogP contribution in [0.4, 0.5) is 5.69 Å². The van der Waals surface area contributed by atoms with Crippen molar-refractivity contribution in [3.05, 3.63) is 83.2 Å². The maximum absolute atomic E-state index is 12.9. The number of furan rings is 1. The zero-order chi connectivity index (χ0) is 22.0. The lowest BCUT2D eigenvalue weighted by atomic mass is 10.1. The van der Waals surface area contributed by atoms with Gasteiger partial charge in [0.15, 0.2) is 5.11 Å². The van der Waals surface area contributed by atoms with Crippen molar-refractivity contribution in [2.24, 2.45) is 0 Å². The molecule has 1 amide bonds. The predicted octanol–water partition coefficient (Wildman–Crippen LogP) is 4.69. The third-order valence-corrected chi connectivity index (χ3v) is 5.11. The Hall–Kier alpha value is -3.71. The van der Waals surface area contributed by atoms with Crippen LogP contribution in [0.1, 0.15) is 28.6 Å². The first kappa shape index (κ1) is 20.6. The molecule has 1 aliphatic rings. The molecule has 0 radical (unpaired) electrons. The Morgan fingerprint density at radius 3 is 2.58 bits per heavy atom. The van der Waals surface area contributed by atoms with Crippen molar-refractivity contribution in [2.75, 3.05) is 11.5 Å². The number of para-hydroxylation sites is 1. The number of hydrogen-bond donors (Lipinski definition) is 1. The van der Waals surface area contributed by atoms with Crippen LogP contribution in [0.5, 0.6) is 0 Å². The highest BCUT2D eigenvalue weighted by molar-refractivity contribution is 7.80. The number of carbonyl (C=O) groups is 2. The Kier molecular flexibility index (Phi) is 5.68. The summed E-state index contributed by atoms with van der Waals surface area (Å²) in [7, 11) is 0.